The van der Waals surface area contributed by atoms with E-state index in [1.165, 1.54) is 12.8 Å². The van der Waals surface area contributed by atoms with E-state index in [1.807, 2.05) is 36.7 Å². The van der Waals surface area contributed by atoms with Crippen LogP contribution in [0.2, 0.25) is 0 Å². The fraction of sp³-hybridized carbons (Fsp3) is 0.500. The molecule has 1 saturated carbocycles. The number of pyridine rings is 1. The number of nitrogens with one attached hydrogen (secondary N) is 2. The molecule has 2 N–H and O–H groups in total. The SMILES string of the molecule is Cc1cc(NC(=O)NC[C@@H](C)Oc2cccnc2)n(C2CCCC2)n1. The summed E-state index contributed by atoms with van der Waals surface area (Å²) in [4.78, 5) is 16.2. The van der Waals surface area contributed by atoms with Gasteiger partial charge >= 0.3 is 6.03 Å². The Hall–Kier alpha value is -2.57. The Morgan fingerprint density at radius 1 is 1.44 bits per heavy atom. The highest BCUT2D eigenvalue weighted by Crippen LogP contribution is 2.31. The number of carbonyl (C=O) groups excluding carboxylic acids is 1. The zero-order valence-corrected chi connectivity index (χ0v) is 14.7. The maximum atomic E-state index is 12.2. The molecule has 0 spiro atoms. The number of hydrogen-bond donors (Lipinski definition) is 2. The molecular formula is C18H25N5O2. The number of urea groups is 1. The van der Waals surface area contributed by atoms with Gasteiger partial charge in [-0.3, -0.25) is 10.3 Å². The van der Waals surface area contributed by atoms with Crippen molar-refractivity contribution >= 4 is 11.8 Å². The molecule has 7 heteroatoms. The lowest BCUT2D eigenvalue weighted by Gasteiger charge is -2.17. The minimum Gasteiger partial charge on any atom is -0.487 e. The number of carbonyl (C=O) groups is 1. The van der Waals surface area contributed by atoms with Gasteiger partial charge in [0.05, 0.1) is 24.5 Å². The number of anilines is 1. The highest BCUT2D eigenvalue weighted by atomic mass is 16.5. The highest BCUT2D eigenvalue weighted by Gasteiger charge is 2.21. The van der Waals surface area contributed by atoms with Crippen LogP contribution in [0.3, 0.4) is 0 Å². The molecule has 0 saturated heterocycles. The summed E-state index contributed by atoms with van der Waals surface area (Å²) in [6.07, 6.45) is 7.87. The summed E-state index contributed by atoms with van der Waals surface area (Å²) in [6, 6.07) is 5.70. The Kier molecular flexibility index (Phi) is 5.53. The lowest BCUT2D eigenvalue weighted by Crippen LogP contribution is -2.37. The molecule has 0 radical (unpaired) electrons. The third kappa shape index (κ3) is 4.71. The molecule has 0 bridgehead atoms. The van der Waals surface area contributed by atoms with Crippen LogP contribution in [-0.2, 0) is 0 Å². The van der Waals surface area contributed by atoms with E-state index >= 15 is 0 Å². The number of rotatable bonds is 6. The van der Waals surface area contributed by atoms with Gasteiger partial charge in [0.1, 0.15) is 17.7 Å². The molecule has 25 heavy (non-hydrogen) atoms. The van der Waals surface area contributed by atoms with Crippen molar-refractivity contribution in [1.82, 2.24) is 20.1 Å². The molecule has 0 aromatic carbocycles. The monoisotopic (exact) mass is 343 g/mol. The van der Waals surface area contributed by atoms with Crippen LogP contribution >= 0.6 is 0 Å². The second kappa shape index (κ2) is 8.00. The molecule has 1 atom stereocenters. The number of hydrogen-bond acceptors (Lipinski definition) is 4. The predicted octanol–water partition coefficient (Wildman–Crippen LogP) is 3.29. The highest BCUT2D eigenvalue weighted by molar-refractivity contribution is 5.88. The van der Waals surface area contributed by atoms with Crippen LogP contribution in [0.5, 0.6) is 5.75 Å². The zero-order chi connectivity index (χ0) is 17.6. The van der Waals surface area contributed by atoms with Crippen LogP contribution in [0.1, 0.15) is 44.3 Å². The van der Waals surface area contributed by atoms with Crippen molar-refractivity contribution in [3.63, 3.8) is 0 Å². The Morgan fingerprint density at radius 2 is 2.24 bits per heavy atom. The van der Waals surface area contributed by atoms with Crippen LogP contribution in [0.15, 0.2) is 30.6 Å². The molecular weight excluding hydrogens is 318 g/mol. The summed E-state index contributed by atoms with van der Waals surface area (Å²) >= 11 is 0. The van der Waals surface area contributed by atoms with Crippen molar-refractivity contribution in [2.24, 2.45) is 0 Å². The second-order valence-electron chi connectivity index (χ2n) is 6.51. The molecule has 1 fully saturated rings. The maximum Gasteiger partial charge on any atom is 0.320 e. The van der Waals surface area contributed by atoms with Crippen molar-refractivity contribution in [2.75, 3.05) is 11.9 Å². The first kappa shape index (κ1) is 17.3. The zero-order valence-electron chi connectivity index (χ0n) is 14.7. The van der Waals surface area contributed by atoms with Gasteiger partial charge in [-0.25, -0.2) is 9.48 Å². The molecule has 2 aromatic heterocycles. The van der Waals surface area contributed by atoms with Gasteiger partial charge in [0.2, 0.25) is 0 Å². The van der Waals surface area contributed by atoms with Gasteiger partial charge < -0.3 is 10.1 Å². The molecule has 1 aliphatic carbocycles. The first-order valence-electron chi connectivity index (χ1n) is 8.79. The molecule has 0 unspecified atom stereocenters. The molecule has 7 nitrogen and oxygen atoms in total. The second-order valence-corrected chi connectivity index (χ2v) is 6.51. The average Bonchev–Trinajstić information content (AvgIpc) is 3.23. The van der Waals surface area contributed by atoms with E-state index in [0.717, 1.165) is 24.4 Å². The van der Waals surface area contributed by atoms with E-state index in [-0.39, 0.29) is 12.1 Å². The predicted molar refractivity (Wildman–Crippen MR) is 95.8 cm³/mol. The van der Waals surface area contributed by atoms with Gasteiger partial charge in [-0.15, -0.1) is 0 Å². The normalized spacial score (nSPS) is 15.8. The van der Waals surface area contributed by atoms with Crippen LogP contribution in [-0.4, -0.2) is 33.4 Å². The standard InChI is InChI=1S/C18H25N5O2/c1-13-10-17(23(22-13)15-6-3-4-7-15)21-18(24)20-11-14(2)25-16-8-5-9-19-12-16/h5,8-10,12,14-15H,3-4,6-7,11H2,1-2H3,(H2,20,21,24)/t14-/m1/s1. The van der Waals surface area contributed by atoms with E-state index in [4.69, 9.17) is 4.74 Å². The number of aryl methyl sites for hydroxylation is 1. The van der Waals surface area contributed by atoms with Gasteiger partial charge in [-0.1, -0.05) is 12.8 Å². The van der Waals surface area contributed by atoms with Crippen LogP contribution < -0.4 is 15.4 Å². The van der Waals surface area contributed by atoms with Crippen molar-refractivity contribution in [2.45, 2.75) is 51.7 Å². The fourth-order valence-electron chi connectivity index (χ4n) is 3.12. The minimum atomic E-state index is -0.249. The van der Waals surface area contributed by atoms with Crippen molar-refractivity contribution in [3.8, 4) is 5.75 Å². The molecule has 2 heterocycles. The lowest BCUT2D eigenvalue weighted by atomic mass is 10.2. The molecule has 134 valence electrons. The smallest absolute Gasteiger partial charge is 0.320 e. The molecule has 2 amide bonds. The van der Waals surface area contributed by atoms with Gasteiger partial charge in [0, 0.05) is 12.3 Å². The van der Waals surface area contributed by atoms with E-state index in [2.05, 4.69) is 20.7 Å². The first-order valence-corrected chi connectivity index (χ1v) is 8.79. The Balaban J connectivity index is 1.51. The van der Waals surface area contributed by atoms with Crippen molar-refractivity contribution < 1.29 is 9.53 Å². The lowest BCUT2D eigenvalue weighted by molar-refractivity contribution is 0.211. The Bertz CT molecular complexity index is 695. The van der Waals surface area contributed by atoms with Crippen LogP contribution in [0.25, 0.3) is 0 Å². The first-order chi connectivity index (χ1) is 12.1. The van der Waals surface area contributed by atoms with E-state index in [0.29, 0.717) is 18.3 Å². The topological polar surface area (TPSA) is 81.1 Å². The fourth-order valence-corrected chi connectivity index (χ4v) is 3.12. The van der Waals surface area contributed by atoms with E-state index in [1.54, 1.807) is 12.4 Å². The summed E-state index contributed by atoms with van der Waals surface area (Å²) in [5.74, 6) is 1.44. The van der Waals surface area contributed by atoms with Gasteiger partial charge in [0.15, 0.2) is 0 Å². The average molecular weight is 343 g/mol. The molecule has 1 aliphatic rings. The number of nitrogens with zero attached hydrogens (tertiary/aromatic N) is 3. The third-order valence-electron chi connectivity index (χ3n) is 4.29. The van der Waals surface area contributed by atoms with Crippen molar-refractivity contribution in [3.05, 3.63) is 36.3 Å². The Morgan fingerprint density at radius 3 is 2.96 bits per heavy atom. The largest absolute Gasteiger partial charge is 0.487 e. The van der Waals surface area contributed by atoms with Gasteiger partial charge in [0.25, 0.3) is 0 Å². The van der Waals surface area contributed by atoms with E-state index < -0.39 is 0 Å². The number of aromatic nitrogens is 3. The summed E-state index contributed by atoms with van der Waals surface area (Å²) in [6.45, 7) is 4.25. The molecule has 2 aromatic rings. The van der Waals surface area contributed by atoms with Gasteiger partial charge in [-0.05, 0) is 38.8 Å². The summed E-state index contributed by atoms with van der Waals surface area (Å²) in [7, 11) is 0. The Labute approximate surface area is 147 Å². The van der Waals surface area contributed by atoms with Crippen molar-refractivity contribution in [1.29, 1.82) is 0 Å². The minimum absolute atomic E-state index is 0.156. The quantitative estimate of drug-likeness (QED) is 0.843. The van der Waals surface area contributed by atoms with Crippen LogP contribution in [0.4, 0.5) is 10.6 Å². The third-order valence-corrected chi connectivity index (χ3v) is 4.29. The molecule has 3 rings (SSSR count). The summed E-state index contributed by atoms with van der Waals surface area (Å²) in [5.41, 5.74) is 0.912. The number of ether oxygens (including phenoxy) is 1. The van der Waals surface area contributed by atoms with Crippen LogP contribution in [0, 0.1) is 6.92 Å². The number of amides is 2. The molecule has 0 aliphatic heterocycles. The van der Waals surface area contributed by atoms with E-state index in [9.17, 15) is 4.79 Å². The summed E-state index contributed by atoms with van der Waals surface area (Å²) in [5, 5.41) is 10.3. The summed E-state index contributed by atoms with van der Waals surface area (Å²) < 4.78 is 7.66. The maximum absolute atomic E-state index is 12.2. The van der Waals surface area contributed by atoms with Gasteiger partial charge in [-0.2, -0.15) is 5.10 Å².